The summed E-state index contributed by atoms with van der Waals surface area (Å²) in [7, 11) is 0. The van der Waals surface area contributed by atoms with Crippen molar-refractivity contribution < 1.29 is 18.0 Å². The van der Waals surface area contributed by atoms with Crippen molar-refractivity contribution >= 4 is 17.4 Å². The second kappa shape index (κ2) is 8.37. The van der Waals surface area contributed by atoms with E-state index in [4.69, 9.17) is 0 Å². The van der Waals surface area contributed by atoms with Crippen LogP contribution in [0.2, 0.25) is 0 Å². The molecule has 1 atom stereocenters. The van der Waals surface area contributed by atoms with Crippen LogP contribution in [0, 0.1) is 12.8 Å². The third kappa shape index (κ3) is 4.68. The molecule has 0 bridgehead atoms. The van der Waals surface area contributed by atoms with Crippen molar-refractivity contribution in [2.75, 3.05) is 23.3 Å². The lowest BCUT2D eigenvalue weighted by atomic mass is 9.97. The summed E-state index contributed by atoms with van der Waals surface area (Å²) in [5.41, 5.74) is -0.657. The van der Waals surface area contributed by atoms with E-state index in [0.717, 1.165) is 30.9 Å². The number of carbonyl (C=O) groups is 1. The molecular formula is C21H21F3N6O. The van der Waals surface area contributed by atoms with Gasteiger partial charge >= 0.3 is 6.18 Å². The Bertz CT molecular complexity index is 1060. The fourth-order valence-electron chi connectivity index (χ4n) is 3.65. The fraction of sp³-hybridized carbons (Fsp3) is 0.333. The van der Waals surface area contributed by atoms with Gasteiger partial charge in [0.25, 0.3) is 0 Å². The first-order chi connectivity index (χ1) is 14.8. The van der Waals surface area contributed by atoms with Crippen molar-refractivity contribution in [1.29, 1.82) is 0 Å². The van der Waals surface area contributed by atoms with Gasteiger partial charge in [-0.3, -0.25) is 9.36 Å². The topological polar surface area (TPSA) is 75.9 Å². The maximum absolute atomic E-state index is 12.9. The molecule has 1 aliphatic heterocycles. The summed E-state index contributed by atoms with van der Waals surface area (Å²) in [6, 6.07) is 8.34. The first-order valence-electron chi connectivity index (χ1n) is 9.88. The molecule has 2 aromatic heterocycles. The highest BCUT2D eigenvalue weighted by atomic mass is 19.4. The van der Waals surface area contributed by atoms with E-state index < -0.39 is 11.7 Å². The van der Waals surface area contributed by atoms with Crippen LogP contribution in [-0.4, -0.2) is 38.7 Å². The average Bonchev–Trinajstić information content (AvgIpc) is 3.19. The van der Waals surface area contributed by atoms with Crippen molar-refractivity contribution in [3.63, 3.8) is 0 Å². The average molecular weight is 430 g/mol. The van der Waals surface area contributed by atoms with Gasteiger partial charge in [0, 0.05) is 31.2 Å². The second-order valence-corrected chi connectivity index (χ2v) is 7.45. The molecule has 1 aliphatic rings. The van der Waals surface area contributed by atoms with Gasteiger partial charge in [-0.05, 0) is 50.1 Å². The number of aromatic nitrogens is 4. The Kier molecular flexibility index (Phi) is 5.62. The van der Waals surface area contributed by atoms with Crippen LogP contribution < -0.4 is 10.2 Å². The smallest absolute Gasteiger partial charge is 0.354 e. The Morgan fingerprint density at radius 2 is 1.94 bits per heavy atom. The van der Waals surface area contributed by atoms with E-state index in [9.17, 15) is 18.0 Å². The van der Waals surface area contributed by atoms with E-state index in [1.54, 1.807) is 12.4 Å². The molecule has 0 radical (unpaired) electrons. The summed E-state index contributed by atoms with van der Waals surface area (Å²) in [4.78, 5) is 18.8. The van der Waals surface area contributed by atoms with E-state index in [1.165, 1.54) is 12.1 Å². The third-order valence-corrected chi connectivity index (χ3v) is 5.28. The monoisotopic (exact) mass is 430 g/mol. The molecule has 1 amide bonds. The molecule has 1 N–H and O–H groups in total. The zero-order valence-electron chi connectivity index (χ0n) is 16.8. The number of nitrogens with zero attached hydrogens (tertiary/aromatic N) is 5. The van der Waals surface area contributed by atoms with E-state index >= 15 is 0 Å². The number of halogens is 3. The van der Waals surface area contributed by atoms with E-state index in [2.05, 4.69) is 20.5 Å². The Labute approximate surface area is 176 Å². The number of piperidine rings is 1. The number of benzene rings is 1. The van der Waals surface area contributed by atoms with Gasteiger partial charge in [-0.2, -0.15) is 13.2 Å². The maximum Gasteiger partial charge on any atom is 0.416 e. The molecule has 0 saturated carbocycles. The van der Waals surface area contributed by atoms with E-state index in [1.807, 2.05) is 28.5 Å². The molecule has 0 aliphatic carbocycles. The molecule has 10 heteroatoms. The predicted molar refractivity (Wildman–Crippen MR) is 109 cm³/mol. The first-order valence-corrected chi connectivity index (χ1v) is 9.88. The summed E-state index contributed by atoms with van der Waals surface area (Å²) in [6.45, 7) is 3.02. The summed E-state index contributed by atoms with van der Waals surface area (Å²) >= 11 is 0. The van der Waals surface area contributed by atoms with Crippen LogP contribution in [0.15, 0.2) is 48.8 Å². The maximum atomic E-state index is 12.9. The number of carbonyl (C=O) groups excluding carboxylic acids is 1. The largest absolute Gasteiger partial charge is 0.416 e. The van der Waals surface area contributed by atoms with Gasteiger partial charge in [0.05, 0.1) is 11.5 Å². The second-order valence-electron chi connectivity index (χ2n) is 7.45. The Hall–Kier alpha value is -3.43. The summed E-state index contributed by atoms with van der Waals surface area (Å²) in [6.07, 6.45) is 0.450. The number of imidazole rings is 1. The van der Waals surface area contributed by atoms with Crippen LogP contribution in [0.5, 0.6) is 0 Å². The minimum atomic E-state index is -4.46. The van der Waals surface area contributed by atoms with Crippen molar-refractivity contribution in [3.8, 4) is 5.82 Å². The van der Waals surface area contributed by atoms with E-state index in [-0.39, 0.29) is 17.5 Å². The quantitative estimate of drug-likeness (QED) is 0.681. The zero-order valence-corrected chi connectivity index (χ0v) is 16.8. The summed E-state index contributed by atoms with van der Waals surface area (Å²) < 4.78 is 40.5. The minimum Gasteiger partial charge on any atom is -0.354 e. The molecule has 1 unspecified atom stereocenters. The van der Waals surface area contributed by atoms with Crippen LogP contribution >= 0.6 is 0 Å². The lowest BCUT2D eigenvalue weighted by Crippen LogP contribution is -2.41. The highest BCUT2D eigenvalue weighted by Gasteiger charge is 2.31. The first kappa shape index (κ1) is 20.8. The zero-order chi connectivity index (χ0) is 22.0. The number of aryl methyl sites for hydroxylation is 1. The molecule has 0 spiro atoms. The molecule has 1 saturated heterocycles. The van der Waals surface area contributed by atoms with Crippen LogP contribution in [0.1, 0.15) is 24.2 Å². The van der Waals surface area contributed by atoms with Gasteiger partial charge in [-0.15, -0.1) is 10.2 Å². The van der Waals surface area contributed by atoms with Crippen LogP contribution in [0.4, 0.5) is 24.7 Å². The van der Waals surface area contributed by atoms with Crippen molar-refractivity contribution in [2.24, 2.45) is 5.92 Å². The highest BCUT2D eigenvalue weighted by Crippen LogP contribution is 2.31. The normalized spacial score (nSPS) is 16.9. The van der Waals surface area contributed by atoms with Crippen LogP contribution in [0.3, 0.4) is 0 Å². The lowest BCUT2D eigenvalue weighted by Gasteiger charge is -2.32. The van der Waals surface area contributed by atoms with Crippen molar-refractivity contribution in [3.05, 3.63) is 60.2 Å². The summed E-state index contributed by atoms with van der Waals surface area (Å²) in [5.74, 6) is 1.43. The summed E-state index contributed by atoms with van der Waals surface area (Å²) in [5, 5.41) is 11.2. The van der Waals surface area contributed by atoms with Crippen LogP contribution in [-0.2, 0) is 11.0 Å². The van der Waals surface area contributed by atoms with Gasteiger partial charge in [0.2, 0.25) is 5.91 Å². The highest BCUT2D eigenvalue weighted by molar-refractivity contribution is 5.93. The van der Waals surface area contributed by atoms with Gasteiger partial charge in [0.15, 0.2) is 11.6 Å². The predicted octanol–water partition coefficient (Wildman–Crippen LogP) is 3.84. The molecule has 7 nitrogen and oxygen atoms in total. The number of anilines is 2. The SMILES string of the molecule is Cc1nccn1-c1ccc(N2CCCC(C(=O)Nc3cccc(C(F)(F)F)c3)C2)nn1. The van der Waals surface area contributed by atoms with Gasteiger partial charge < -0.3 is 10.2 Å². The number of rotatable bonds is 4. The van der Waals surface area contributed by atoms with Gasteiger partial charge in [-0.25, -0.2) is 4.98 Å². The minimum absolute atomic E-state index is 0.136. The molecule has 3 aromatic rings. The molecule has 162 valence electrons. The fourth-order valence-corrected chi connectivity index (χ4v) is 3.65. The van der Waals surface area contributed by atoms with Crippen LogP contribution in [0.25, 0.3) is 5.82 Å². The Morgan fingerprint density at radius 1 is 1.16 bits per heavy atom. The van der Waals surface area contributed by atoms with Crippen molar-refractivity contribution in [1.82, 2.24) is 19.7 Å². The molecule has 1 fully saturated rings. The number of hydrogen-bond donors (Lipinski definition) is 1. The van der Waals surface area contributed by atoms with E-state index in [0.29, 0.717) is 24.6 Å². The lowest BCUT2D eigenvalue weighted by molar-refractivity contribution is -0.137. The Balaban J connectivity index is 1.42. The number of nitrogens with one attached hydrogen (secondary N) is 1. The Morgan fingerprint density at radius 3 is 2.61 bits per heavy atom. The van der Waals surface area contributed by atoms with Gasteiger partial charge in [0.1, 0.15) is 5.82 Å². The standard InChI is InChI=1S/C21H21F3N6O/c1-14-25-9-11-30(14)19-8-7-18(27-28-19)29-10-3-4-15(13-29)20(31)26-17-6-2-5-16(12-17)21(22,23)24/h2,5-9,11-12,15H,3-4,10,13H2,1H3,(H,26,31). The van der Waals surface area contributed by atoms with Gasteiger partial charge in [-0.1, -0.05) is 6.07 Å². The third-order valence-electron chi connectivity index (χ3n) is 5.28. The number of amides is 1. The molecule has 1 aromatic carbocycles. The number of hydrogen-bond acceptors (Lipinski definition) is 5. The number of alkyl halides is 3. The molecular weight excluding hydrogens is 409 g/mol. The molecule has 3 heterocycles. The molecule has 4 rings (SSSR count). The molecule has 31 heavy (non-hydrogen) atoms. The van der Waals surface area contributed by atoms with Crippen molar-refractivity contribution in [2.45, 2.75) is 25.9 Å².